The standard InChI is InChI=1S/C8H16O4/c1-3-11-7(6-9)5-8(10)12-4-2/h7,9H,3-6H2,1-2H3. The molecule has 72 valence electrons. The molecule has 0 saturated carbocycles. The normalized spacial score (nSPS) is 12.6. The number of hydrogen-bond donors (Lipinski definition) is 1. The molecule has 0 aliphatic heterocycles. The summed E-state index contributed by atoms with van der Waals surface area (Å²) in [5, 5.41) is 8.74. The summed E-state index contributed by atoms with van der Waals surface area (Å²) in [6.07, 6.45) is -0.299. The summed E-state index contributed by atoms with van der Waals surface area (Å²) in [5.74, 6) is -0.329. The van der Waals surface area contributed by atoms with Gasteiger partial charge in [-0.15, -0.1) is 0 Å². The Labute approximate surface area is 72.5 Å². The van der Waals surface area contributed by atoms with Crippen LogP contribution in [-0.2, 0) is 14.3 Å². The molecule has 0 aromatic rings. The van der Waals surface area contributed by atoms with Crippen molar-refractivity contribution in [2.75, 3.05) is 19.8 Å². The highest BCUT2D eigenvalue weighted by atomic mass is 16.5. The maximum atomic E-state index is 10.9. The third-order valence-corrected chi connectivity index (χ3v) is 1.31. The zero-order valence-electron chi connectivity index (χ0n) is 7.58. The first-order valence-electron chi connectivity index (χ1n) is 4.12. The maximum Gasteiger partial charge on any atom is 0.308 e. The predicted molar refractivity (Wildman–Crippen MR) is 43.7 cm³/mol. The Kier molecular flexibility index (Phi) is 6.70. The van der Waals surface area contributed by atoms with Gasteiger partial charge in [-0.05, 0) is 13.8 Å². The average Bonchev–Trinajstić information content (AvgIpc) is 2.04. The highest BCUT2D eigenvalue weighted by Gasteiger charge is 2.12. The van der Waals surface area contributed by atoms with Crippen LogP contribution in [0.5, 0.6) is 0 Å². The van der Waals surface area contributed by atoms with Crippen molar-refractivity contribution in [1.82, 2.24) is 0 Å². The van der Waals surface area contributed by atoms with Gasteiger partial charge in [-0.3, -0.25) is 4.79 Å². The first-order valence-corrected chi connectivity index (χ1v) is 4.12. The number of esters is 1. The number of rotatable bonds is 6. The van der Waals surface area contributed by atoms with Crippen LogP contribution in [0.4, 0.5) is 0 Å². The zero-order valence-corrected chi connectivity index (χ0v) is 7.58. The second-order valence-corrected chi connectivity index (χ2v) is 2.27. The Morgan fingerprint density at radius 3 is 2.50 bits per heavy atom. The molecule has 12 heavy (non-hydrogen) atoms. The third-order valence-electron chi connectivity index (χ3n) is 1.31. The topological polar surface area (TPSA) is 55.8 Å². The summed E-state index contributed by atoms with van der Waals surface area (Å²) in [6, 6.07) is 0. The van der Waals surface area contributed by atoms with Crippen LogP contribution >= 0.6 is 0 Å². The predicted octanol–water partition coefficient (Wildman–Crippen LogP) is 0.337. The van der Waals surface area contributed by atoms with E-state index in [-0.39, 0.29) is 19.0 Å². The Bertz CT molecular complexity index is 124. The Hall–Kier alpha value is -0.610. The van der Waals surface area contributed by atoms with Crippen molar-refractivity contribution < 1.29 is 19.4 Å². The molecule has 0 radical (unpaired) electrons. The highest BCUT2D eigenvalue weighted by Crippen LogP contribution is 1.99. The van der Waals surface area contributed by atoms with Gasteiger partial charge in [-0.25, -0.2) is 0 Å². The lowest BCUT2D eigenvalue weighted by atomic mass is 10.3. The molecule has 0 amide bonds. The molecule has 0 heterocycles. The Balaban J connectivity index is 3.61. The number of hydrogen-bond acceptors (Lipinski definition) is 4. The van der Waals surface area contributed by atoms with Gasteiger partial charge in [-0.1, -0.05) is 0 Å². The van der Waals surface area contributed by atoms with Crippen molar-refractivity contribution in [1.29, 1.82) is 0 Å². The molecule has 0 fully saturated rings. The quantitative estimate of drug-likeness (QED) is 0.593. The van der Waals surface area contributed by atoms with Crippen LogP contribution in [0, 0.1) is 0 Å². The van der Waals surface area contributed by atoms with Crippen molar-refractivity contribution in [2.24, 2.45) is 0 Å². The van der Waals surface area contributed by atoms with Crippen molar-refractivity contribution >= 4 is 5.97 Å². The summed E-state index contributed by atoms with van der Waals surface area (Å²) in [7, 11) is 0. The first-order chi connectivity index (χ1) is 5.74. The van der Waals surface area contributed by atoms with E-state index in [4.69, 9.17) is 14.6 Å². The summed E-state index contributed by atoms with van der Waals surface area (Å²) >= 11 is 0. The molecule has 4 heteroatoms. The fraction of sp³-hybridized carbons (Fsp3) is 0.875. The van der Waals surface area contributed by atoms with Crippen molar-refractivity contribution in [3.63, 3.8) is 0 Å². The van der Waals surface area contributed by atoms with Gasteiger partial charge in [0.1, 0.15) is 0 Å². The minimum atomic E-state index is -0.422. The fourth-order valence-corrected chi connectivity index (χ4v) is 0.818. The summed E-state index contributed by atoms with van der Waals surface area (Å²) < 4.78 is 9.75. The molecule has 0 spiro atoms. The van der Waals surface area contributed by atoms with E-state index in [1.54, 1.807) is 6.92 Å². The van der Waals surface area contributed by atoms with Crippen LogP contribution in [0.25, 0.3) is 0 Å². The van der Waals surface area contributed by atoms with E-state index < -0.39 is 6.10 Å². The lowest BCUT2D eigenvalue weighted by Gasteiger charge is -2.12. The van der Waals surface area contributed by atoms with Gasteiger partial charge in [0.05, 0.1) is 25.7 Å². The van der Waals surface area contributed by atoms with Gasteiger partial charge in [0, 0.05) is 6.61 Å². The monoisotopic (exact) mass is 176 g/mol. The fourth-order valence-electron chi connectivity index (χ4n) is 0.818. The molecule has 1 N–H and O–H groups in total. The molecule has 0 aromatic heterocycles. The third kappa shape index (κ3) is 5.09. The van der Waals surface area contributed by atoms with E-state index in [0.717, 1.165) is 0 Å². The Morgan fingerprint density at radius 2 is 2.08 bits per heavy atom. The van der Waals surface area contributed by atoms with E-state index in [1.807, 2.05) is 6.92 Å². The van der Waals surface area contributed by atoms with E-state index in [0.29, 0.717) is 13.2 Å². The molecule has 0 aliphatic carbocycles. The molecular weight excluding hydrogens is 160 g/mol. The van der Waals surface area contributed by atoms with Crippen LogP contribution in [-0.4, -0.2) is 37.0 Å². The molecule has 0 aromatic carbocycles. The molecule has 1 unspecified atom stereocenters. The number of aliphatic hydroxyl groups excluding tert-OH is 1. The average molecular weight is 176 g/mol. The molecule has 4 nitrogen and oxygen atoms in total. The molecule has 0 saturated heterocycles. The molecule has 0 rings (SSSR count). The van der Waals surface area contributed by atoms with Gasteiger partial charge in [0.25, 0.3) is 0 Å². The molecule has 1 atom stereocenters. The summed E-state index contributed by atoms with van der Waals surface area (Å²) in [5.41, 5.74) is 0. The molecule has 0 aliphatic rings. The molecular formula is C8H16O4. The second kappa shape index (κ2) is 7.06. The number of aliphatic hydroxyl groups is 1. The number of ether oxygens (including phenoxy) is 2. The lowest BCUT2D eigenvalue weighted by molar-refractivity contribution is -0.147. The van der Waals surface area contributed by atoms with Crippen molar-refractivity contribution in [3.05, 3.63) is 0 Å². The van der Waals surface area contributed by atoms with Crippen molar-refractivity contribution in [3.8, 4) is 0 Å². The SMILES string of the molecule is CCOC(=O)CC(CO)OCC. The minimum absolute atomic E-state index is 0.123. The van der Waals surface area contributed by atoms with Gasteiger partial charge < -0.3 is 14.6 Å². The maximum absolute atomic E-state index is 10.9. The van der Waals surface area contributed by atoms with Crippen LogP contribution in [0.3, 0.4) is 0 Å². The van der Waals surface area contributed by atoms with E-state index in [9.17, 15) is 4.79 Å². The summed E-state index contributed by atoms with van der Waals surface area (Å²) in [4.78, 5) is 10.9. The summed E-state index contributed by atoms with van der Waals surface area (Å²) in [6.45, 7) is 4.26. The number of carbonyl (C=O) groups is 1. The van der Waals surface area contributed by atoms with Gasteiger partial charge >= 0.3 is 5.97 Å². The van der Waals surface area contributed by atoms with Crippen LogP contribution in [0.15, 0.2) is 0 Å². The first kappa shape index (κ1) is 11.4. The highest BCUT2D eigenvalue weighted by molar-refractivity contribution is 5.69. The lowest BCUT2D eigenvalue weighted by Crippen LogP contribution is -2.22. The smallest absolute Gasteiger partial charge is 0.308 e. The van der Waals surface area contributed by atoms with E-state index in [2.05, 4.69) is 0 Å². The molecule has 0 bridgehead atoms. The minimum Gasteiger partial charge on any atom is -0.466 e. The van der Waals surface area contributed by atoms with Gasteiger partial charge in [-0.2, -0.15) is 0 Å². The Morgan fingerprint density at radius 1 is 1.42 bits per heavy atom. The van der Waals surface area contributed by atoms with Gasteiger partial charge in [0.2, 0.25) is 0 Å². The largest absolute Gasteiger partial charge is 0.466 e. The van der Waals surface area contributed by atoms with E-state index in [1.165, 1.54) is 0 Å². The second-order valence-electron chi connectivity index (χ2n) is 2.27. The van der Waals surface area contributed by atoms with E-state index >= 15 is 0 Å². The number of carbonyl (C=O) groups excluding carboxylic acids is 1. The van der Waals surface area contributed by atoms with Crippen molar-refractivity contribution in [2.45, 2.75) is 26.4 Å². The van der Waals surface area contributed by atoms with Gasteiger partial charge in [0.15, 0.2) is 0 Å². The van der Waals surface area contributed by atoms with Crippen LogP contribution in [0.1, 0.15) is 20.3 Å². The van der Waals surface area contributed by atoms with Crippen LogP contribution < -0.4 is 0 Å². The zero-order chi connectivity index (χ0) is 9.40. The van der Waals surface area contributed by atoms with Crippen LogP contribution in [0.2, 0.25) is 0 Å².